The molecule has 202 valence electrons. The van der Waals surface area contributed by atoms with Crippen LogP contribution >= 0.6 is 0 Å². The highest BCUT2D eigenvalue weighted by atomic mass is 16.5. The van der Waals surface area contributed by atoms with E-state index >= 15 is 0 Å². The molecule has 0 unspecified atom stereocenters. The predicted molar refractivity (Wildman–Crippen MR) is 139 cm³/mol. The lowest BCUT2D eigenvalue weighted by Gasteiger charge is -2.27. The summed E-state index contributed by atoms with van der Waals surface area (Å²) < 4.78 is 11.8. The molecule has 0 aliphatic carbocycles. The molecular formula is C30H22O10. The molecule has 0 aromatic heterocycles. The molecule has 2 aliphatic rings. The average Bonchev–Trinajstić information content (AvgIpc) is 2.88. The Morgan fingerprint density at radius 2 is 0.925 bits per heavy atom. The van der Waals surface area contributed by atoms with Crippen molar-refractivity contribution in [1.29, 1.82) is 0 Å². The van der Waals surface area contributed by atoms with Crippen molar-refractivity contribution >= 4 is 11.6 Å². The number of rotatable bonds is 3. The average molecular weight is 542 g/mol. The summed E-state index contributed by atoms with van der Waals surface area (Å²) in [5.41, 5.74) is 1.37. The number of hydrogen-bond donors (Lipinski definition) is 6. The Bertz CT molecular complexity index is 1600. The highest BCUT2D eigenvalue weighted by Gasteiger charge is 2.33. The van der Waals surface area contributed by atoms with Crippen molar-refractivity contribution in [2.45, 2.75) is 25.0 Å². The van der Waals surface area contributed by atoms with Crippen molar-refractivity contribution in [3.05, 3.63) is 82.9 Å². The van der Waals surface area contributed by atoms with Crippen LogP contribution in [0.2, 0.25) is 0 Å². The van der Waals surface area contributed by atoms with Gasteiger partial charge in [-0.3, -0.25) is 9.59 Å². The van der Waals surface area contributed by atoms with Gasteiger partial charge in [0.15, 0.2) is 11.6 Å². The maximum Gasteiger partial charge on any atom is 0.174 e. The van der Waals surface area contributed by atoms with Gasteiger partial charge in [-0.15, -0.1) is 0 Å². The van der Waals surface area contributed by atoms with Gasteiger partial charge in [0.25, 0.3) is 0 Å². The highest BCUT2D eigenvalue weighted by Crippen LogP contribution is 2.46. The van der Waals surface area contributed by atoms with Gasteiger partial charge in [0.05, 0.1) is 12.8 Å². The topological polar surface area (TPSA) is 174 Å². The lowest BCUT2D eigenvalue weighted by molar-refractivity contribution is 0.0834. The fourth-order valence-corrected chi connectivity index (χ4v) is 5.16. The fourth-order valence-electron chi connectivity index (χ4n) is 5.16. The van der Waals surface area contributed by atoms with Gasteiger partial charge < -0.3 is 40.1 Å². The molecule has 6 N–H and O–H groups in total. The fraction of sp³-hybridized carbons (Fsp3) is 0.133. The molecule has 0 bridgehead atoms. The minimum Gasteiger partial charge on any atom is -0.508 e. The minimum absolute atomic E-state index is 0.0229. The van der Waals surface area contributed by atoms with Crippen LogP contribution in [0.5, 0.6) is 46.0 Å². The van der Waals surface area contributed by atoms with Crippen LogP contribution in [0, 0.1) is 0 Å². The smallest absolute Gasteiger partial charge is 0.174 e. The first-order valence-electron chi connectivity index (χ1n) is 12.3. The van der Waals surface area contributed by atoms with Gasteiger partial charge in [-0.2, -0.15) is 0 Å². The summed E-state index contributed by atoms with van der Waals surface area (Å²) >= 11 is 0. The van der Waals surface area contributed by atoms with E-state index in [9.17, 15) is 40.2 Å². The van der Waals surface area contributed by atoms with E-state index in [0.717, 1.165) is 12.1 Å². The van der Waals surface area contributed by atoms with E-state index in [1.165, 1.54) is 24.3 Å². The normalized spacial score (nSPS) is 17.9. The number of aromatic hydroxyl groups is 6. The molecule has 40 heavy (non-hydrogen) atoms. The third-order valence-electron chi connectivity index (χ3n) is 7.04. The maximum absolute atomic E-state index is 12.8. The molecule has 6 rings (SSSR count). The second-order valence-corrected chi connectivity index (χ2v) is 9.70. The number of hydrogen-bond acceptors (Lipinski definition) is 10. The molecule has 0 spiro atoms. The van der Waals surface area contributed by atoms with E-state index in [0.29, 0.717) is 11.1 Å². The molecule has 2 aliphatic heterocycles. The number of Topliss-reactive ketones (excluding diaryl/α,β-unsaturated/α-hetero) is 2. The summed E-state index contributed by atoms with van der Waals surface area (Å²) in [6, 6.07) is 13.6. The van der Waals surface area contributed by atoms with E-state index in [2.05, 4.69) is 0 Å². The Morgan fingerprint density at radius 3 is 1.32 bits per heavy atom. The zero-order valence-corrected chi connectivity index (χ0v) is 20.7. The quantitative estimate of drug-likeness (QED) is 0.207. The molecule has 10 heteroatoms. The molecule has 0 radical (unpaired) electrons. The largest absolute Gasteiger partial charge is 0.508 e. The summed E-state index contributed by atoms with van der Waals surface area (Å²) in [5.74, 6) is -2.39. The van der Waals surface area contributed by atoms with Gasteiger partial charge in [-0.1, -0.05) is 12.1 Å². The monoisotopic (exact) mass is 542 g/mol. The summed E-state index contributed by atoms with van der Waals surface area (Å²) in [6.07, 6.45) is -1.83. The van der Waals surface area contributed by atoms with E-state index in [4.69, 9.17) is 9.47 Å². The molecule has 10 nitrogen and oxygen atoms in total. The van der Waals surface area contributed by atoms with Gasteiger partial charge in [0, 0.05) is 35.4 Å². The van der Waals surface area contributed by atoms with Crippen molar-refractivity contribution in [2.75, 3.05) is 0 Å². The van der Waals surface area contributed by atoms with E-state index < -0.39 is 12.2 Å². The second kappa shape index (κ2) is 9.12. The van der Waals surface area contributed by atoms with Gasteiger partial charge in [0.2, 0.25) is 0 Å². The lowest BCUT2D eigenvalue weighted by atomic mass is 9.91. The minimum atomic E-state index is -0.804. The number of carbonyl (C=O) groups excluding carboxylic acids is 2. The number of ketones is 2. The highest BCUT2D eigenvalue weighted by molar-refractivity contribution is 6.03. The Kier molecular flexibility index (Phi) is 5.69. The van der Waals surface area contributed by atoms with Crippen LogP contribution in [-0.4, -0.2) is 42.2 Å². The van der Waals surface area contributed by atoms with Crippen LogP contribution < -0.4 is 9.47 Å². The van der Waals surface area contributed by atoms with Crippen molar-refractivity contribution in [1.82, 2.24) is 0 Å². The molecule has 0 saturated heterocycles. The molecule has 0 saturated carbocycles. The molecule has 4 aromatic rings. The number of phenols is 6. The third kappa shape index (κ3) is 4.15. The van der Waals surface area contributed by atoms with E-state index in [1.807, 2.05) is 0 Å². The standard InChI is InChI=1S/C30H22O10/c31-15-7-21(35)29-23(37)11-25(39-27(29)9-15)13-1-3-19(33)17(5-13)18-6-14(2-4-20(18)34)26-12-24(38)30-22(36)8-16(32)10-28(30)40-26/h1-10,25-26,31-36H,11-12H2/t25-,26-/m1/s1. The van der Waals surface area contributed by atoms with Crippen molar-refractivity contribution in [3.63, 3.8) is 0 Å². The number of ether oxygens (including phenoxy) is 2. The first-order valence-corrected chi connectivity index (χ1v) is 12.3. The SMILES string of the molecule is O=C1C[C@H](c2ccc(O)c(-c3cc([C@H]4CC(=O)c5c(O)cc(O)cc5O4)ccc3O)c2)Oc2cc(O)cc(O)c21. The lowest BCUT2D eigenvalue weighted by Crippen LogP contribution is -2.20. The summed E-state index contributed by atoms with van der Waals surface area (Å²) in [5, 5.41) is 61.2. The van der Waals surface area contributed by atoms with Gasteiger partial charge in [-0.05, 0) is 35.4 Å². The number of benzene rings is 4. The third-order valence-corrected chi connectivity index (χ3v) is 7.04. The van der Waals surface area contributed by atoms with Crippen LogP contribution in [0.25, 0.3) is 11.1 Å². The van der Waals surface area contributed by atoms with Gasteiger partial charge >= 0.3 is 0 Å². The molecule has 0 amide bonds. The van der Waals surface area contributed by atoms with Gasteiger partial charge in [-0.25, -0.2) is 0 Å². The summed E-state index contributed by atoms with van der Waals surface area (Å²) in [6.45, 7) is 0. The van der Waals surface area contributed by atoms with Crippen molar-refractivity contribution in [2.24, 2.45) is 0 Å². The maximum atomic E-state index is 12.8. The molecule has 2 heterocycles. The summed E-state index contributed by atoms with van der Waals surface area (Å²) in [7, 11) is 0. The van der Waals surface area contributed by atoms with E-state index in [1.54, 1.807) is 24.3 Å². The first kappa shape index (κ1) is 24.9. The molecule has 0 fully saturated rings. The van der Waals surface area contributed by atoms with Crippen LogP contribution in [0.3, 0.4) is 0 Å². The van der Waals surface area contributed by atoms with Crippen molar-refractivity contribution in [3.8, 4) is 57.1 Å². The predicted octanol–water partition coefficient (Wildman–Crippen LogP) is 5.00. The summed E-state index contributed by atoms with van der Waals surface area (Å²) in [4.78, 5) is 25.5. The molecule has 4 aromatic carbocycles. The number of fused-ring (bicyclic) bond motifs is 2. The van der Waals surface area contributed by atoms with Crippen LogP contribution in [0.4, 0.5) is 0 Å². The van der Waals surface area contributed by atoms with Crippen LogP contribution in [0.1, 0.15) is 56.9 Å². The van der Waals surface area contributed by atoms with E-state index in [-0.39, 0.29) is 92.7 Å². The Morgan fingerprint density at radius 1 is 0.525 bits per heavy atom. The van der Waals surface area contributed by atoms with Crippen LogP contribution in [0.15, 0.2) is 60.7 Å². The number of carbonyl (C=O) groups is 2. The Labute approximate surface area is 226 Å². The van der Waals surface area contributed by atoms with Crippen molar-refractivity contribution < 1.29 is 49.7 Å². The number of phenolic OH excluding ortho intramolecular Hbond substituents is 6. The molecular weight excluding hydrogens is 520 g/mol. The first-order chi connectivity index (χ1) is 19.1. The Hall–Kier alpha value is -5.38. The van der Waals surface area contributed by atoms with Crippen LogP contribution in [-0.2, 0) is 0 Å². The second-order valence-electron chi connectivity index (χ2n) is 9.70. The zero-order valence-electron chi connectivity index (χ0n) is 20.7. The Balaban J connectivity index is 1.35. The zero-order chi connectivity index (χ0) is 28.3. The van der Waals surface area contributed by atoms with Gasteiger partial charge in [0.1, 0.15) is 69.3 Å². The molecule has 2 atom stereocenters.